The fraction of sp³-hybridized carbons (Fsp3) is 0.623. The molecule has 4 heterocycles. The smallest absolute Gasteiger partial charge is 0.315 e. The Bertz CT molecular complexity index is 3280. The molecule has 26 heteroatoms. The molecule has 0 spiro atoms. The number of benzene rings is 2. The summed E-state index contributed by atoms with van der Waals surface area (Å²) in [4.78, 5) is 115. The maximum absolute atomic E-state index is 15.8. The molecule has 0 radical (unpaired) electrons. The van der Waals surface area contributed by atoms with Crippen molar-refractivity contribution >= 4 is 58.9 Å². The van der Waals surface area contributed by atoms with E-state index in [1.807, 2.05) is 34.9 Å². The second kappa shape index (κ2) is 33.6. The van der Waals surface area contributed by atoms with Gasteiger partial charge in [0.2, 0.25) is 23.6 Å². The molecule has 4 saturated carbocycles. The Balaban J connectivity index is 0.000000223. The number of aromatic nitrogens is 4. The minimum absolute atomic E-state index is 0.0150. The van der Waals surface area contributed by atoms with Crippen molar-refractivity contribution in [3.8, 4) is 0 Å². The van der Waals surface area contributed by atoms with Crippen LogP contribution in [0.3, 0.4) is 0 Å². The summed E-state index contributed by atoms with van der Waals surface area (Å²) in [6, 6.07) is 8.04. The Labute approximate surface area is 556 Å². The van der Waals surface area contributed by atoms with E-state index in [1.54, 1.807) is 69.7 Å². The summed E-state index contributed by atoms with van der Waals surface area (Å²) < 4.78 is 34.7. The second-order valence-electron chi connectivity index (χ2n) is 27.2. The van der Waals surface area contributed by atoms with E-state index in [2.05, 4.69) is 62.5 Å². The Morgan fingerprint density at radius 2 is 0.884 bits per heavy atom. The zero-order valence-corrected chi connectivity index (χ0v) is 56.4. The standard InChI is InChI=1S/C35H51FN8O4.C34H49FN8O4/c1-22(2)44-29(15-16-37-44)32(45)40-31(24-9-7-5-6-8-10-24)33(46)39-28-14-11-25(21-27(28)36)23(3)30(41-35(48)38-26-12-13-26)34(47)43-19-17-42(4)18-20-43;1-4-43-28(15-16-36-43)31(44)39-30(23-9-7-5-6-8-10-23)32(45)38-27-14-11-24(21-26(27)35)22(2)29(40-34(47)37-25-12-13-25)33(46)42-19-17-41(3)18-20-42/h11,14-16,21-24,26,30-31H,5-10,12-13,17-20H2,1-4H3,(H,39,46)(H,40,45)(H2,38,41,48);11,14-16,21-23,25,29-30H,4-10,12-13,17-20H2,1-3H3,(H,38,45)(H,39,44)(H2,37,40,47)/t23-,30+,31-;22-,29+,30-/m00/s1. The van der Waals surface area contributed by atoms with E-state index >= 15 is 8.78 Å². The van der Waals surface area contributed by atoms with Crippen LogP contribution < -0.4 is 42.5 Å². The first-order valence-electron chi connectivity index (χ1n) is 34.6. The molecule has 2 aromatic heterocycles. The third kappa shape index (κ3) is 19.6. The highest BCUT2D eigenvalue weighted by Crippen LogP contribution is 2.32. The first-order valence-corrected chi connectivity index (χ1v) is 34.6. The zero-order valence-electron chi connectivity index (χ0n) is 56.4. The Hall–Kier alpha value is -8.00. The summed E-state index contributed by atoms with van der Waals surface area (Å²) in [5, 5.41) is 31.3. The highest BCUT2D eigenvalue weighted by molar-refractivity contribution is 6.02. The largest absolute Gasteiger partial charge is 0.339 e. The van der Waals surface area contributed by atoms with Crippen LogP contribution in [0.2, 0.25) is 0 Å². The van der Waals surface area contributed by atoms with Crippen LogP contribution in [0.5, 0.6) is 0 Å². The highest BCUT2D eigenvalue weighted by Gasteiger charge is 2.39. The van der Waals surface area contributed by atoms with Crippen molar-refractivity contribution in [2.45, 2.75) is 198 Å². The number of rotatable bonds is 22. The van der Waals surface area contributed by atoms with Crippen LogP contribution >= 0.6 is 0 Å². The van der Waals surface area contributed by atoms with Gasteiger partial charge in [-0.2, -0.15) is 10.2 Å². The number of nitrogens with one attached hydrogen (secondary N) is 8. The molecular formula is C69H100F2N16O8. The Morgan fingerprint density at radius 3 is 1.26 bits per heavy atom. The summed E-state index contributed by atoms with van der Waals surface area (Å²) in [5.74, 6) is -4.77. The average molecular weight is 1320 g/mol. The minimum Gasteiger partial charge on any atom is -0.339 e. The first kappa shape index (κ1) is 71.3. The molecule has 10 amide bonds. The number of aryl methyl sites for hydroxylation is 1. The molecule has 8 N–H and O–H groups in total. The van der Waals surface area contributed by atoms with Gasteiger partial charge in [-0.25, -0.2) is 18.4 Å². The predicted octanol–water partition coefficient (Wildman–Crippen LogP) is 7.48. The monoisotopic (exact) mass is 1320 g/mol. The van der Waals surface area contributed by atoms with Gasteiger partial charge in [-0.05, 0) is 146 Å². The van der Waals surface area contributed by atoms with Gasteiger partial charge in [0.1, 0.15) is 47.2 Å². The summed E-state index contributed by atoms with van der Waals surface area (Å²) in [6.07, 6.45) is 18.0. The first-order chi connectivity index (χ1) is 45.6. The number of urea groups is 2. The van der Waals surface area contributed by atoms with E-state index < -0.39 is 83.3 Å². The molecule has 6 atom stereocenters. The Morgan fingerprint density at radius 1 is 0.495 bits per heavy atom. The summed E-state index contributed by atoms with van der Waals surface area (Å²) in [7, 11) is 4.00. The third-order valence-corrected chi connectivity index (χ3v) is 19.6. The number of anilines is 2. The van der Waals surface area contributed by atoms with Gasteiger partial charge < -0.3 is 62.1 Å². The van der Waals surface area contributed by atoms with E-state index in [0.717, 1.165) is 129 Å². The van der Waals surface area contributed by atoms with Gasteiger partial charge in [0.15, 0.2) is 0 Å². The predicted molar refractivity (Wildman–Crippen MR) is 357 cm³/mol. The van der Waals surface area contributed by atoms with Crippen LogP contribution in [0.25, 0.3) is 0 Å². The van der Waals surface area contributed by atoms with Crippen molar-refractivity contribution in [3.63, 3.8) is 0 Å². The molecular weight excluding hydrogens is 1220 g/mol. The molecule has 4 aliphatic carbocycles. The normalized spacial score (nSPS) is 19.6. The van der Waals surface area contributed by atoms with Crippen LogP contribution in [0.4, 0.5) is 29.7 Å². The molecule has 95 heavy (non-hydrogen) atoms. The number of nitrogens with zero attached hydrogens (tertiary/aromatic N) is 8. The van der Waals surface area contributed by atoms with Crippen molar-refractivity contribution < 1.29 is 47.1 Å². The molecule has 2 aliphatic heterocycles. The lowest BCUT2D eigenvalue weighted by Crippen LogP contribution is -2.57. The third-order valence-electron chi connectivity index (χ3n) is 19.6. The van der Waals surface area contributed by atoms with E-state index in [9.17, 15) is 38.4 Å². The molecule has 4 aromatic rings. The van der Waals surface area contributed by atoms with Crippen molar-refractivity contribution in [3.05, 3.63) is 95.1 Å². The second-order valence-corrected chi connectivity index (χ2v) is 27.2. The quantitative estimate of drug-likeness (QED) is 0.0356. The topological polar surface area (TPSA) is 281 Å². The van der Waals surface area contributed by atoms with Crippen molar-refractivity contribution in [1.29, 1.82) is 0 Å². The SMILES string of the molecule is CC(C)n1nccc1C(=O)N[C@H](C(=O)Nc1ccc([C@H](C)[C@@H](NC(=O)NC2CC2)C(=O)N2CCN(C)CC2)cc1F)C1CCCCCC1.CCn1nccc1C(=O)N[C@H](C(=O)Nc1ccc([C@H](C)[C@@H](NC(=O)NC2CC2)C(=O)N2CCN(C)CC2)cc1F)C1CCCCCC1. The molecule has 24 nitrogen and oxygen atoms in total. The minimum atomic E-state index is -0.902. The van der Waals surface area contributed by atoms with E-state index in [4.69, 9.17) is 0 Å². The average Bonchev–Trinajstić information content (AvgIpc) is 1.46. The number of carbonyl (C=O) groups is 8. The maximum atomic E-state index is 15.8. The number of hydrogen-bond acceptors (Lipinski definition) is 12. The molecule has 518 valence electrons. The number of amides is 10. The zero-order chi connectivity index (χ0) is 67.9. The van der Waals surface area contributed by atoms with Crippen molar-refractivity contribution in [2.24, 2.45) is 11.8 Å². The molecule has 2 aromatic carbocycles. The number of carbonyl (C=O) groups excluding carboxylic acids is 8. The number of hydrogen-bond donors (Lipinski definition) is 8. The Kier molecular flexibility index (Phi) is 25.2. The van der Waals surface area contributed by atoms with Crippen LogP contribution in [0.1, 0.15) is 187 Å². The van der Waals surface area contributed by atoms with Gasteiger partial charge in [0.05, 0.1) is 11.4 Å². The van der Waals surface area contributed by atoms with Gasteiger partial charge in [0, 0.05) is 101 Å². The maximum Gasteiger partial charge on any atom is 0.315 e. The molecule has 0 unspecified atom stereocenters. The lowest BCUT2D eigenvalue weighted by molar-refractivity contribution is -0.136. The molecule has 10 rings (SSSR count). The van der Waals surface area contributed by atoms with Crippen LogP contribution in [-0.2, 0) is 25.7 Å². The fourth-order valence-corrected chi connectivity index (χ4v) is 13.3. The lowest BCUT2D eigenvalue weighted by Gasteiger charge is -2.36. The lowest BCUT2D eigenvalue weighted by atomic mass is 9.90. The molecule has 2 saturated heterocycles. The fourth-order valence-electron chi connectivity index (χ4n) is 13.3. The van der Waals surface area contributed by atoms with Crippen LogP contribution in [0.15, 0.2) is 60.9 Å². The van der Waals surface area contributed by atoms with Gasteiger partial charge in [-0.3, -0.25) is 38.1 Å². The summed E-state index contributed by atoms with van der Waals surface area (Å²) in [6.45, 7) is 14.9. The molecule has 6 aliphatic rings. The summed E-state index contributed by atoms with van der Waals surface area (Å²) >= 11 is 0. The number of halogens is 2. The molecule has 0 bridgehead atoms. The van der Waals surface area contributed by atoms with Gasteiger partial charge in [-0.15, -0.1) is 0 Å². The number of piperazine rings is 2. The molecule has 6 fully saturated rings. The van der Waals surface area contributed by atoms with Crippen LogP contribution in [-0.4, -0.2) is 189 Å². The van der Waals surface area contributed by atoms with Crippen molar-refractivity contribution in [1.82, 2.24) is 71.1 Å². The highest BCUT2D eigenvalue weighted by atomic mass is 19.1. The van der Waals surface area contributed by atoms with Crippen molar-refractivity contribution in [2.75, 3.05) is 77.1 Å². The van der Waals surface area contributed by atoms with Gasteiger partial charge in [-0.1, -0.05) is 77.3 Å². The van der Waals surface area contributed by atoms with Gasteiger partial charge >= 0.3 is 12.1 Å². The van der Waals surface area contributed by atoms with Crippen LogP contribution in [0, 0.1) is 23.5 Å². The summed E-state index contributed by atoms with van der Waals surface area (Å²) in [5.41, 5.74) is 1.72. The van der Waals surface area contributed by atoms with Gasteiger partial charge in [0.25, 0.3) is 11.8 Å². The van der Waals surface area contributed by atoms with E-state index in [0.29, 0.717) is 55.2 Å². The van der Waals surface area contributed by atoms with E-state index in [-0.39, 0.29) is 53.2 Å². The number of likely N-dealkylation sites (N-methyl/N-ethyl adjacent to an activating group) is 2. The van der Waals surface area contributed by atoms with E-state index in [1.165, 1.54) is 24.3 Å².